The molecule has 0 bridgehead atoms. The average molecular weight is 728 g/mol. The molecule has 0 aliphatic heterocycles. The lowest BCUT2D eigenvalue weighted by Crippen LogP contribution is -2.09. The molecule has 0 heterocycles. The Morgan fingerprint density at radius 2 is 0.316 bits per heavy atom. The molecule has 57 heavy (non-hydrogen) atoms. The summed E-state index contributed by atoms with van der Waals surface area (Å²) in [7, 11) is 0. The minimum atomic E-state index is 0. The summed E-state index contributed by atoms with van der Waals surface area (Å²) in [5, 5.41) is 0. The molecule has 9 rings (SSSR count). The van der Waals surface area contributed by atoms with E-state index in [1.807, 2.05) is 0 Å². The zero-order valence-electron chi connectivity index (χ0n) is 31.6. The number of anilines is 6. The fourth-order valence-corrected chi connectivity index (χ4v) is 7.38. The fraction of sp³-hybridized carbons (Fsp3) is 0. The minimum absolute atomic E-state index is 0. The summed E-state index contributed by atoms with van der Waals surface area (Å²) in [6, 6.07) is 86.4. The lowest BCUT2D eigenvalue weighted by atomic mass is 9.99. The molecular weight excluding hydrogens is 687 g/mol. The second kappa shape index (κ2) is 17.0. The Bertz CT molecular complexity index is 2420. The van der Waals surface area contributed by atoms with Gasteiger partial charge in [0.25, 0.3) is 0 Å². The first-order chi connectivity index (χ1) is 27.8. The Balaban J connectivity index is 0.00000455. The Morgan fingerprint density at radius 3 is 0.544 bits per heavy atom. The van der Waals surface area contributed by atoms with Crippen molar-refractivity contribution in [3.8, 4) is 44.5 Å². The molecule has 0 aliphatic rings. The van der Waals surface area contributed by atoms with Crippen LogP contribution < -0.4 is 9.80 Å². The van der Waals surface area contributed by atoms with E-state index in [1.54, 1.807) is 0 Å². The maximum atomic E-state index is 2.31. The highest BCUT2D eigenvalue weighted by atomic mass is 15.1. The maximum Gasteiger partial charge on any atom is 0.0462 e. The molecule has 0 saturated carbocycles. The number of nitrogens with zero attached hydrogens (tertiary/aromatic N) is 2. The van der Waals surface area contributed by atoms with Crippen LogP contribution in [0.25, 0.3) is 44.5 Å². The van der Waals surface area contributed by atoms with Gasteiger partial charge in [-0.15, -0.1) is 0 Å². The third kappa shape index (κ3) is 8.05. The van der Waals surface area contributed by atoms with E-state index in [0.29, 0.717) is 0 Å². The molecule has 3 heteroatoms. The van der Waals surface area contributed by atoms with E-state index in [-0.39, 0.29) is 8.41 Å². The number of para-hydroxylation sites is 2. The molecule has 0 spiro atoms. The van der Waals surface area contributed by atoms with E-state index in [2.05, 4.69) is 252 Å². The Morgan fingerprint density at radius 1 is 0.158 bits per heavy atom. The van der Waals surface area contributed by atoms with Gasteiger partial charge in [0.2, 0.25) is 0 Å². The largest absolute Gasteiger partial charge is 0.311 e. The van der Waals surface area contributed by atoms with E-state index < -0.39 is 0 Å². The summed E-state index contributed by atoms with van der Waals surface area (Å²) in [6.07, 6.45) is 0. The molecule has 0 amide bonds. The standard InChI is InChI=1S/C54H40N2.B/c1-5-13-41(14-6-1)45-25-33-51(34-26-45)55(49-17-9-3-10-18-49)53-37-29-47(30-38-53)43-21-23-44(24-22-43)48-31-39-54(40-32-48)56(50-19-11-4-12-20-50)52-35-27-46(28-36-52)42-15-7-2-8-16-42;/h1-40H;. The summed E-state index contributed by atoms with van der Waals surface area (Å²) in [5.41, 5.74) is 16.3. The van der Waals surface area contributed by atoms with Crippen molar-refractivity contribution in [2.45, 2.75) is 0 Å². The van der Waals surface area contributed by atoms with Crippen LogP contribution in [0.2, 0.25) is 0 Å². The second-order valence-electron chi connectivity index (χ2n) is 13.8. The summed E-state index contributed by atoms with van der Waals surface area (Å²) in [6.45, 7) is 0. The molecule has 0 N–H and O–H groups in total. The monoisotopic (exact) mass is 727 g/mol. The highest BCUT2D eigenvalue weighted by Gasteiger charge is 2.15. The van der Waals surface area contributed by atoms with Gasteiger partial charge >= 0.3 is 0 Å². The number of hydrogen-bond acceptors (Lipinski definition) is 2. The van der Waals surface area contributed by atoms with Gasteiger partial charge in [-0.1, -0.05) is 170 Å². The topological polar surface area (TPSA) is 6.48 Å². The first kappa shape index (κ1) is 36.6. The normalized spacial score (nSPS) is 10.7. The van der Waals surface area contributed by atoms with Crippen molar-refractivity contribution in [3.05, 3.63) is 243 Å². The summed E-state index contributed by atoms with van der Waals surface area (Å²) in [4.78, 5) is 4.62. The zero-order chi connectivity index (χ0) is 37.5. The maximum absolute atomic E-state index is 2.31. The van der Waals surface area contributed by atoms with Crippen molar-refractivity contribution in [2.24, 2.45) is 0 Å². The van der Waals surface area contributed by atoms with Gasteiger partial charge in [0.05, 0.1) is 0 Å². The second-order valence-corrected chi connectivity index (χ2v) is 13.8. The number of hydrogen-bond donors (Lipinski definition) is 0. The molecule has 0 fully saturated rings. The van der Waals surface area contributed by atoms with Crippen LogP contribution in [0.5, 0.6) is 0 Å². The van der Waals surface area contributed by atoms with Gasteiger partial charge in [0.1, 0.15) is 0 Å². The molecule has 9 aromatic rings. The molecule has 3 radical (unpaired) electrons. The molecule has 0 aromatic heterocycles. The lowest BCUT2D eigenvalue weighted by molar-refractivity contribution is 1.28. The number of benzene rings is 9. The molecule has 9 aromatic carbocycles. The Kier molecular flexibility index (Phi) is 10.9. The van der Waals surface area contributed by atoms with Gasteiger partial charge in [0, 0.05) is 42.5 Å². The third-order valence-electron chi connectivity index (χ3n) is 10.3. The van der Waals surface area contributed by atoms with Crippen molar-refractivity contribution in [1.29, 1.82) is 0 Å². The van der Waals surface area contributed by atoms with Crippen molar-refractivity contribution >= 4 is 42.5 Å². The highest BCUT2D eigenvalue weighted by Crippen LogP contribution is 2.39. The van der Waals surface area contributed by atoms with Crippen LogP contribution in [0.1, 0.15) is 0 Å². The van der Waals surface area contributed by atoms with Gasteiger partial charge in [0.15, 0.2) is 0 Å². The summed E-state index contributed by atoms with van der Waals surface area (Å²) >= 11 is 0. The van der Waals surface area contributed by atoms with Crippen LogP contribution in [-0.4, -0.2) is 8.41 Å². The van der Waals surface area contributed by atoms with Gasteiger partial charge in [-0.3, -0.25) is 0 Å². The van der Waals surface area contributed by atoms with Gasteiger partial charge in [-0.05, 0) is 117 Å². The summed E-state index contributed by atoms with van der Waals surface area (Å²) < 4.78 is 0. The molecular formula is C54H40BN2. The van der Waals surface area contributed by atoms with E-state index in [4.69, 9.17) is 0 Å². The van der Waals surface area contributed by atoms with Crippen LogP contribution >= 0.6 is 0 Å². The Labute approximate surface area is 338 Å². The molecule has 0 saturated heterocycles. The first-order valence-electron chi connectivity index (χ1n) is 19.1. The van der Waals surface area contributed by atoms with E-state index in [1.165, 1.54) is 44.5 Å². The quantitative estimate of drug-likeness (QED) is 0.129. The molecule has 0 aliphatic carbocycles. The minimum Gasteiger partial charge on any atom is -0.311 e. The first-order valence-corrected chi connectivity index (χ1v) is 19.1. The SMILES string of the molecule is [B].c1ccc(-c2ccc(N(c3ccccc3)c3ccc(-c4ccc(-c5ccc(N(c6ccccc6)c6ccc(-c7ccccc7)cc6)cc5)cc4)cc3)cc2)cc1. The van der Waals surface area contributed by atoms with Crippen LogP contribution in [0.15, 0.2) is 243 Å². The fourth-order valence-electron chi connectivity index (χ4n) is 7.38. The van der Waals surface area contributed by atoms with E-state index in [0.717, 1.165) is 34.1 Å². The van der Waals surface area contributed by atoms with Crippen molar-refractivity contribution in [3.63, 3.8) is 0 Å². The van der Waals surface area contributed by atoms with Gasteiger partial charge in [-0.25, -0.2) is 0 Å². The molecule has 269 valence electrons. The van der Waals surface area contributed by atoms with Gasteiger partial charge < -0.3 is 9.80 Å². The predicted molar refractivity (Wildman–Crippen MR) is 243 cm³/mol. The number of rotatable bonds is 10. The predicted octanol–water partition coefficient (Wildman–Crippen LogP) is 14.9. The molecule has 0 atom stereocenters. The smallest absolute Gasteiger partial charge is 0.0462 e. The van der Waals surface area contributed by atoms with Crippen molar-refractivity contribution in [2.75, 3.05) is 9.80 Å². The van der Waals surface area contributed by atoms with E-state index >= 15 is 0 Å². The van der Waals surface area contributed by atoms with Crippen LogP contribution in [0.4, 0.5) is 34.1 Å². The van der Waals surface area contributed by atoms with Crippen molar-refractivity contribution in [1.82, 2.24) is 0 Å². The average Bonchev–Trinajstić information content (AvgIpc) is 3.29. The van der Waals surface area contributed by atoms with Crippen LogP contribution in [0, 0.1) is 0 Å². The molecule has 2 nitrogen and oxygen atoms in total. The Hall–Kier alpha value is -7.36. The summed E-state index contributed by atoms with van der Waals surface area (Å²) in [5.74, 6) is 0. The zero-order valence-corrected chi connectivity index (χ0v) is 31.6. The van der Waals surface area contributed by atoms with Crippen LogP contribution in [0.3, 0.4) is 0 Å². The van der Waals surface area contributed by atoms with Gasteiger partial charge in [-0.2, -0.15) is 0 Å². The lowest BCUT2D eigenvalue weighted by Gasteiger charge is -2.26. The third-order valence-corrected chi connectivity index (χ3v) is 10.3. The van der Waals surface area contributed by atoms with E-state index in [9.17, 15) is 0 Å². The highest BCUT2D eigenvalue weighted by molar-refractivity contribution is 5.82. The molecule has 0 unspecified atom stereocenters. The van der Waals surface area contributed by atoms with Crippen molar-refractivity contribution < 1.29 is 0 Å². The van der Waals surface area contributed by atoms with Crippen LogP contribution in [-0.2, 0) is 0 Å².